The number of aryl methyl sites for hydroxylation is 1. The Bertz CT molecular complexity index is 1280. The Morgan fingerprint density at radius 1 is 1.03 bits per heavy atom. The summed E-state index contributed by atoms with van der Waals surface area (Å²) in [5.74, 6) is -0.553. The summed E-state index contributed by atoms with van der Waals surface area (Å²) < 4.78 is 81.2. The van der Waals surface area contributed by atoms with Gasteiger partial charge in [-0.1, -0.05) is 0 Å². The summed E-state index contributed by atoms with van der Waals surface area (Å²) in [5, 5.41) is 3.72. The van der Waals surface area contributed by atoms with Crippen molar-refractivity contribution in [1.82, 2.24) is 19.7 Å². The molecule has 35 heavy (non-hydrogen) atoms. The Hall–Kier alpha value is -3.64. The van der Waals surface area contributed by atoms with Gasteiger partial charge in [0, 0.05) is 18.0 Å². The van der Waals surface area contributed by atoms with Crippen molar-refractivity contribution < 1.29 is 35.9 Å². The minimum atomic E-state index is -4.51. The third-order valence-corrected chi connectivity index (χ3v) is 5.40. The summed E-state index contributed by atoms with van der Waals surface area (Å²) in [6.45, 7) is 2.27. The first-order valence-corrected chi connectivity index (χ1v) is 10.3. The minimum absolute atomic E-state index is 0.103. The van der Waals surface area contributed by atoms with Crippen LogP contribution in [-0.4, -0.2) is 44.6 Å². The van der Waals surface area contributed by atoms with Gasteiger partial charge in [0.2, 0.25) is 0 Å². The number of carbonyl (C=O) groups excluding carboxylic acids is 1. The lowest BCUT2D eigenvalue weighted by Gasteiger charge is -2.30. The molecule has 0 saturated carbocycles. The number of rotatable bonds is 5. The number of nitrogens with zero attached hydrogens (tertiary/aromatic N) is 5. The van der Waals surface area contributed by atoms with Gasteiger partial charge in [-0.15, -0.1) is 0 Å². The molecule has 0 aromatic carbocycles. The van der Waals surface area contributed by atoms with Crippen LogP contribution in [0.4, 0.5) is 32.0 Å². The number of anilines is 1. The Morgan fingerprint density at radius 2 is 1.74 bits per heavy atom. The van der Waals surface area contributed by atoms with E-state index in [1.54, 1.807) is 26.8 Å². The van der Waals surface area contributed by atoms with Crippen LogP contribution in [0, 0.1) is 6.92 Å². The number of ether oxygens (including phenoxy) is 1. The van der Waals surface area contributed by atoms with Crippen molar-refractivity contribution in [1.29, 1.82) is 0 Å². The van der Waals surface area contributed by atoms with E-state index in [1.165, 1.54) is 23.4 Å². The summed E-state index contributed by atoms with van der Waals surface area (Å²) >= 11 is 0. The maximum atomic E-state index is 13.3. The molecule has 0 radical (unpaired) electrons. The van der Waals surface area contributed by atoms with Crippen LogP contribution in [-0.2, 0) is 12.1 Å². The minimum Gasteiger partial charge on any atom is -0.482 e. The Morgan fingerprint density at radius 3 is 2.40 bits per heavy atom. The van der Waals surface area contributed by atoms with Crippen LogP contribution in [0.5, 0.6) is 5.75 Å². The van der Waals surface area contributed by atoms with E-state index in [1.807, 2.05) is 0 Å². The van der Waals surface area contributed by atoms with Gasteiger partial charge in [0.25, 0.3) is 5.91 Å². The molecular weight excluding hydrogens is 480 g/mol. The maximum Gasteiger partial charge on any atom is 0.422 e. The van der Waals surface area contributed by atoms with Crippen LogP contribution in [0.2, 0.25) is 0 Å². The smallest absolute Gasteiger partial charge is 0.422 e. The summed E-state index contributed by atoms with van der Waals surface area (Å²) in [7, 11) is 0. The van der Waals surface area contributed by atoms with Crippen molar-refractivity contribution in [3.05, 3.63) is 53.7 Å². The molecule has 4 heterocycles. The van der Waals surface area contributed by atoms with E-state index in [9.17, 15) is 31.1 Å². The average Bonchev–Trinajstić information content (AvgIpc) is 3.24. The lowest BCUT2D eigenvalue weighted by Crippen LogP contribution is -2.39. The van der Waals surface area contributed by atoms with E-state index in [4.69, 9.17) is 4.74 Å². The van der Waals surface area contributed by atoms with Crippen molar-refractivity contribution in [2.45, 2.75) is 45.2 Å². The molecule has 1 aliphatic rings. The lowest BCUT2D eigenvalue weighted by atomic mass is 9.96. The monoisotopic (exact) mass is 499 g/mol. The van der Waals surface area contributed by atoms with Gasteiger partial charge in [0.05, 0.1) is 40.6 Å². The van der Waals surface area contributed by atoms with E-state index < -0.39 is 37.0 Å². The molecule has 4 rings (SSSR count). The van der Waals surface area contributed by atoms with Crippen LogP contribution in [0.25, 0.3) is 11.3 Å². The lowest BCUT2D eigenvalue weighted by molar-refractivity contribution is -0.153. The van der Waals surface area contributed by atoms with Crippen molar-refractivity contribution in [3.63, 3.8) is 0 Å². The molecule has 0 fully saturated rings. The van der Waals surface area contributed by atoms with Crippen LogP contribution in [0.1, 0.15) is 35.5 Å². The van der Waals surface area contributed by atoms with E-state index in [-0.39, 0.29) is 11.4 Å². The van der Waals surface area contributed by atoms with E-state index in [0.29, 0.717) is 32.8 Å². The summed E-state index contributed by atoms with van der Waals surface area (Å²) in [4.78, 5) is 23.1. The number of hydrogen-bond donors (Lipinski definition) is 0. The molecule has 1 amide bonds. The van der Waals surface area contributed by atoms with Crippen LogP contribution in [0.15, 0.2) is 36.9 Å². The number of carbonyl (C=O) groups is 1. The van der Waals surface area contributed by atoms with Crippen LogP contribution in [0.3, 0.4) is 0 Å². The second kappa shape index (κ2) is 8.24. The number of fused-ring (bicyclic) bond motifs is 1. The highest BCUT2D eigenvalue weighted by molar-refractivity contribution is 6.12. The van der Waals surface area contributed by atoms with Gasteiger partial charge in [-0.3, -0.25) is 19.4 Å². The molecule has 13 heteroatoms. The first kappa shape index (κ1) is 24.5. The number of aromatic nitrogens is 4. The van der Waals surface area contributed by atoms with E-state index in [2.05, 4.69) is 15.1 Å². The number of hydrogen-bond acceptors (Lipinski definition) is 5. The van der Waals surface area contributed by atoms with Gasteiger partial charge >= 0.3 is 12.4 Å². The fraction of sp³-hybridized carbons (Fsp3) is 0.364. The standard InChI is InChI=1S/C22H19F6N5O2/c1-12-4-16(13-5-15(8-29-6-13)35-11-22(26,27)28)31-18-17(12)19(34)33(20(18,2)3)14-7-30-32(9-14)10-21(23,24)25/h4-9H,10-11H2,1-3H3. The fourth-order valence-corrected chi connectivity index (χ4v) is 3.99. The zero-order chi connectivity index (χ0) is 25.8. The van der Waals surface area contributed by atoms with Crippen LogP contribution >= 0.6 is 0 Å². The zero-order valence-corrected chi connectivity index (χ0v) is 18.7. The molecule has 0 atom stereocenters. The molecule has 0 saturated heterocycles. The normalized spacial score (nSPS) is 15.5. The van der Waals surface area contributed by atoms with Gasteiger partial charge in [0.15, 0.2) is 6.61 Å². The van der Waals surface area contributed by atoms with Gasteiger partial charge < -0.3 is 4.74 Å². The second-order valence-corrected chi connectivity index (χ2v) is 8.57. The van der Waals surface area contributed by atoms with Gasteiger partial charge in [-0.25, -0.2) is 4.98 Å². The largest absolute Gasteiger partial charge is 0.482 e. The molecule has 0 N–H and O–H groups in total. The Labute approximate surface area is 195 Å². The number of halogens is 6. The first-order chi connectivity index (χ1) is 16.2. The molecular formula is C22H19F6N5O2. The molecule has 3 aromatic heterocycles. The average molecular weight is 499 g/mol. The van der Waals surface area contributed by atoms with Gasteiger partial charge in [-0.05, 0) is 38.5 Å². The number of alkyl halides is 6. The highest BCUT2D eigenvalue weighted by Crippen LogP contribution is 2.43. The highest BCUT2D eigenvalue weighted by atomic mass is 19.4. The molecule has 0 spiro atoms. The van der Waals surface area contributed by atoms with Gasteiger partial charge in [0.1, 0.15) is 12.3 Å². The molecule has 7 nitrogen and oxygen atoms in total. The first-order valence-electron chi connectivity index (χ1n) is 10.3. The highest BCUT2D eigenvalue weighted by Gasteiger charge is 2.47. The topological polar surface area (TPSA) is 73.1 Å². The molecule has 0 aliphatic carbocycles. The summed E-state index contributed by atoms with van der Waals surface area (Å²) in [6, 6.07) is 2.95. The summed E-state index contributed by atoms with van der Waals surface area (Å²) in [5.41, 5.74) is 1.03. The van der Waals surface area contributed by atoms with Gasteiger partial charge in [-0.2, -0.15) is 31.4 Å². The molecule has 0 unspecified atom stereocenters. The quantitative estimate of drug-likeness (QED) is 0.460. The maximum absolute atomic E-state index is 13.3. The van der Waals surface area contributed by atoms with Crippen molar-refractivity contribution in [2.24, 2.45) is 0 Å². The third-order valence-electron chi connectivity index (χ3n) is 5.40. The van der Waals surface area contributed by atoms with Crippen LogP contribution < -0.4 is 9.64 Å². The molecule has 0 bridgehead atoms. The predicted octanol–water partition coefficient (Wildman–Crippen LogP) is 5.05. The number of pyridine rings is 2. The molecule has 1 aliphatic heterocycles. The Kier molecular flexibility index (Phi) is 5.76. The second-order valence-electron chi connectivity index (χ2n) is 8.57. The third kappa shape index (κ3) is 4.93. The summed E-state index contributed by atoms with van der Waals surface area (Å²) in [6.07, 6.45) is -4.13. The van der Waals surface area contributed by atoms with E-state index >= 15 is 0 Å². The Balaban J connectivity index is 1.69. The molecule has 186 valence electrons. The fourth-order valence-electron chi connectivity index (χ4n) is 3.99. The number of amides is 1. The van der Waals surface area contributed by atoms with E-state index in [0.717, 1.165) is 12.4 Å². The molecule has 3 aromatic rings. The SMILES string of the molecule is Cc1cc(-c2cncc(OCC(F)(F)F)c2)nc2c1C(=O)N(c1cnn(CC(F)(F)F)c1)C2(C)C. The zero-order valence-electron chi connectivity index (χ0n) is 18.7. The van der Waals surface area contributed by atoms with Crippen molar-refractivity contribution >= 4 is 11.6 Å². The van der Waals surface area contributed by atoms with Crippen molar-refractivity contribution in [2.75, 3.05) is 11.5 Å². The van der Waals surface area contributed by atoms with Crippen molar-refractivity contribution in [3.8, 4) is 17.0 Å². The predicted molar refractivity (Wildman–Crippen MR) is 112 cm³/mol.